The summed E-state index contributed by atoms with van der Waals surface area (Å²) in [7, 11) is 3.36. The number of hydrogen-bond donors (Lipinski definition) is 2. The number of carbonyl (C=O) groups excluding carboxylic acids is 2. The molecule has 1 fully saturated rings. The van der Waals surface area contributed by atoms with Crippen molar-refractivity contribution in [3.05, 3.63) is 0 Å². The van der Waals surface area contributed by atoms with E-state index in [0.29, 0.717) is 12.5 Å². The van der Waals surface area contributed by atoms with Gasteiger partial charge in [-0.3, -0.25) is 9.59 Å². The van der Waals surface area contributed by atoms with Crippen LogP contribution in [-0.2, 0) is 9.59 Å². The first-order valence-corrected chi connectivity index (χ1v) is 5.80. The maximum atomic E-state index is 11.4. The molecular weight excluding hydrogens is 206 g/mol. The molecular formula is C11H21N3O2. The normalized spacial score (nSPS) is 19.5. The molecule has 2 amide bonds. The molecule has 1 heterocycles. The predicted molar refractivity (Wildman–Crippen MR) is 62.0 cm³/mol. The summed E-state index contributed by atoms with van der Waals surface area (Å²) >= 11 is 0. The van der Waals surface area contributed by atoms with Gasteiger partial charge in [0.05, 0.1) is 6.54 Å². The van der Waals surface area contributed by atoms with E-state index in [-0.39, 0.29) is 18.4 Å². The maximum Gasteiger partial charge on any atom is 0.241 e. The zero-order valence-corrected chi connectivity index (χ0v) is 10.1. The van der Waals surface area contributed by atoms with Crippen LogP contribution in [0.2, 0.25) is 0 Å². The Morgan fingerprint density at radius 3 is 2.75 bits per heavy atom. The molecule has 0 radical (unpaired) electrons. The highest BCUT2D eigenvalue weighted by Gasteiger charge is 2.15. The first-order chi connectivity index (χ1) is 7.59. The van der Waals surface area contributed by atoms with Crippen LogP contribution in [0.1, 0.15) is 25.7 Å². The van der Waals surface area contributed by atoms with Crippen LogP contribution in [0.15, 0.2) is 0 Å². The van der Waals surface area contributed by atoms with Gasteiger partial charge in [0.2, 0.25) is 11.8 Å². The van der Waals surface area contributed by atoms with Crippen LogP contribution in [0.3, 0.4) is 0 Å². The van der Waals surface area contributed by atoms with Gasteiger partial charge in [-0.2, -0.15) is 0 Å². The minimum atomic E-state index is -0.0765. The van der Waals surface area contributed by atoms with Crippen LogP contribution in [0, 0.1) is 0 Å². The fourth-order valence-corrected chi connectivity index (χ4v) is 1.73. The quantitative estimate of drug-likeness (QED) is 0.679. The fraction of sp³-hybridized carbons (Fsp3) is 0.818. The van der Waals surface area contributed by atoms with Gasteiger partial charge in [0, 0.05) is 26.6 Å². The number of likely N-dealkylation sites (N-methyl/N-ethyl adjacent to an activating group) is 1. The average Bonchev–Trinajstić information content (AvgIpc) is 2.75. The van der Waals surface area contributed by atoms with E-state index < -0.39 is 0 Å². The lowest BCUT2D eigenvalue weighted by atomic mass is 10.1. The first kappa shape index (κ1) is 13.0. The molecule has 0 saturated carbocycles. The van der Waals surface area contributed by atoms with E-state index in [1.807, 2.05) is 0 Å². The summed E-state index contributed by atoms with van der Waals surface area (Å²) in [6.45, 7) is 1.16. The summed E-state index contributed by atoms with van der Waals surface area (Å²) in [4.78, 5) is 24.1. The van der Waals surface area contributed by atoms with Crippen molar-refractivity contribution in [1.29, 1.82) is 0 Å². The second-order valence-electron chi connectivity index (χ2n) is 4.40. The van der Waals surface area contributed by atoms with Gasteiger partial charge in [-0.25, -0.2) is 0 Å². The van der Waals surface area contributed by atoms with Crippen molar-refractivity contribution in [2.75, 3.05) is 27.2 Å². The summed E-state index contributed by atoms with van der Waals surface area (Å²) in [6, 6.07) is 0.482. The first-order valence-electron chi connectivity index (χ1n) is 5.80. The number of amides is 2. The molecule has 2 N–H and O–H groups in total. The lowest BCUT2D eigenvalue weighted by molar-refractivity contribution is -0.130. The smallest absolute Gasteiger partial charge is 0.241 e. The van der Waals surface area contributed by atoms with Gasteiger partial charge in [-0.1, -0.05) is 0 Å². The third-order valence-corrected chi connectivity index (χ3v) is 2.82. The molecule has 0 aliphatic carbocycles. The molecule has 0 aromatic rings. The van der Waals surface area contributed by atoms with Crippen molar-refractivity contribution >= 4 is 11.8 Å². The molecule has 5 heteroatoms. The Kier molecular flexibility index (Phi) is 5.25. The average molecular weight is 227 g/mol. The van der Waals surface area contributed by atoms with Gasteiger partial charge < -0.3 is 15.5 Å². The van der Waals surface area contributed by atoms with Crippen molar-refractivity contribution in [2.45, 2.75) is 31.7 Å². The zero-order valence-electron chi connectivity index (χ0n) is 10.1. The van der Waals surface area contributed by atoms with Crippen LogP contribution in [0.25, 0.3) is 0 Å². The highest BCUT2D eigenvalue weighted by Crippen LogP contribution is 2.10. The van der Waals surface area contributed by atoms with Crippen LogP contribution in [0.5, 0.6) is 0 Å². The summed E-state index contributed by atoms with van der Waals surface area (Å²) < 4.78 is 0. The molecule has 1 aliphatic rings. The highest BCUT2D eigenvalue weighted by atomic mass is 16.2. The second-order valence-corrected chi connectivity index (χ2v) is 4.40. The standard InChI is InChI=1S/C11H21N3O2/c1-14(2)11(16)8-13-10(15)6-5-9-4-3-7-12-9/h9,12H,3-8H2,1-2H3,(H,13,15). The van der Waals surface area contributed by atoms with Crippen LogP contribution >= 0.6 is 0 Å². The van der Waals surface area contributed by atoms with E-state index in [1.54, 1.807) is 14.1 Å². The fourth-order valence-electron chi connectivity index (χ4n) is 1.73. The van der Waals surface area contributed by atoms with Gasteiger partial charge in [0.15, 0.2) is 0 Å². The Balaban J connectivity index is 2.08. The van der Waals surface area contributed by atoms with E-state index in [1.165, 1.54) is 11.3 Å². The van der Waals surface area contributed by atoms with Crippen molar-refractivity contribution < 1.29 is 9.59 Å². The van der Waals surface area contributed by atoms with Crippen LogP contribution < -0.4 is 10.6 Å². The molecule has 1 saturated heterocycles. The molecule has 1 aliphatic heterocycles. The molecule has 92 valence electrons. The third-order valence-electron chi connectivity index (χ3n) is 2.82. The van der Waals surface area contributed by atoms with Gasteiger partial charge in [-0.15, -0.1) is 0 Å². The van der Waals surface area contributed by atoms with Crippen molar-refractivity contribution in [3.63, 3.8) is 0 Å². The van der Waals surface area contributed by atoms with Gasteiger partial charge in [0.25, 0.3) is 0 Å². The zero-order chi connectivity index (χ0) is 12.0. The number of rotatable bonds is 5. The molecule has 0 bridgehead atoms. The summed E-state index contributed by atoms with van der Waals surface area (Å²) in [5.74, 6) is -0.115. The Bertz CT molecular complexity index is 248. The molecule has 0 spiro atoms. The molecule has 0 aromatic heterocycles. The van der Waals surface area contributed by atoms with Crippen LogP contribution in [0.4, 0.5) is 0 Å². The second kappa shape index (κ2) is 6.48. The van der Waals surface area contributed by atoms with Crippen molar-refractivity contribution in [1.82, 2.24) is 15.5 Å². The van der Waals surface area contributed by atoms with E-state index in [2.05, 4.69) is 10.6 Å². The van der Waals surface area contributed by atoms with E-state index in [4.69, 9.17) is 0 Å². The molecule has 1 unspecified atom stereocenters. The Morgan fingerprint density at radius 1 is 1.44 bits per heavy atom. The molecule has 5 nitrogen and oxygen atoms in total. The number of nitrogens with one attached hydrogen (secondary N) is 2. The monoisotopic (exact) mass is 227 g/mol. The minimum Gasteiger partial charge on any atom is -0.347 e. The van der Waals surface area contributed by atoms with Crippen LogP contribution in [-0.4, -0.2) is 49.9 Å². The van der Waals surface area contributed by atoms with Gasteiger partial charge in [-0.05, 0) is 25.8 Å². The van der Waals surface area contributed by atoms with Gasteiger partial charge >= 0.3 is 0 Å². The summed E-state index contributed by atoms with van der Waals surface area (Å²) in [6.07, 6.45) is 3.72. The topological polar surface area (TPSA) is 61.4 Å². The number of nitrogens with zero attached hydrogens (tertiary/aromatic N) is 1. The molecule has 1 atom stereocenters. The Hall–Kier alpha value is -1.10. The molecule has 1 rings (SSSR count). The van der Waals surface area contributed by atoms with Gasteiger partial charge in [0.1, 0.15) is 0 Å². The molecule has 16 heavy (non-hydrogen) atoms. The SMILES string of the molecule is CN(C)C(=O)CNC(=O)CCC1CCCN1. The number of hydrogen-bond acceptors (Lipinski definition) is 3. The summed E-state index contributed by atoms with van der Waals surface area (Å²) in [5.41, 5.74) is 0. The lowest BCUT2D eigenvalue weighted by Gasteiger charge is -2.12. The maximum absolute atomic E-state index is 11.4. The Labute approximate surface area is 96.6 Å². The van der Waals surface area contributed by atoms with E-state index in [0.717, 1.165) is 19.4 Å². The lowest BCUT2D eigenvalue weighted by Crippen LogP contribution is -2.36. The third kappa shape index (κ3) is 4.61. The minimum absolute atomic E-state index is 0.0381. The van der Waals surface area contributed by atoms with E-state index in [9.17, 15) is 9.59 Å². The Morgan fingerprint density at radius 2 is 2.19 bits per heavy atom. The molecule has 0 aromatic carbocycles. The predicted octanol–water partition coefficient (Wildman–Crippen LogP) is -0.277. The summed E-state index contributed by atoms with van der Waals surface area (Å²) in [5, 5.41) is 5.97. The van der Waals surface area contributed by atoms with Crippen molar-refractivity contribution in [3.8, 4) is 0 Å². The van der Waals surface area contributed by atoms with E-state index >= 15 is 0 Å². The largest absolute Gasteiger partial charge is 0.347 e. The number of carbonyl (C=O) groups is 2. The highest BCUT2D eigenvalue weighted by molar-refractivity contribution is 5.84. The van der Waals surface area contributed by atoms with Crippen molar-refractivity contribution in [2.24, 2.45) is 0 Å².